The molecule has 2 N–H and O–H groups in total. The van der Waals surface area contributed by atoms with E-state index < -0.39 is 0 Å². The number of aromatic amines is 2. The Kier molecular flexibility index (Phi) is 3.21. The first-order valence-electron chi connectivity index (χ1n) is 6.69. The summed E-state index contributed by atoms with van der Waals surface area (Å²) in [5, 5.41) is 10.5. The van der Waals surface area contributed by atoms with Gasteiger partial charge in [-0.1, -0.05) is 29.3 Å². The van der Waals surface area contributed by atoms with Crippen LogP contribution in [0.2, 0.25) is 10.0 Å². The van der Waals surface area contributed by atoms with Crippen LogP contribution in [0.5, 0.6) is 0 Å². The van der Waals surface area contributed by atoms with Gasteiger partial charge in [0, 0.05) is 24.2 Å². The predicted octanol–water partition coefficient (Wildman–Crippen LogP) is 3.39. The summed E-state index contributed by atoms with van der Waals surface area (Å²) >= 11 is 12.0. The molecule has 8 heteroatoms. The quantitative estimate of drug-likeness (QED) is 0.584. The first kappa shape index (κ1) is 14.0. The summed E-state index contributed by atoms with van der Waals surface area (Å²) in [6.07, 6.45) is 4.82. The van der Waals surface area contributed by atoms with Gasteiger partial charge in [-0.3, -0.25) is 15.0 Å². The largest absolute Gasteiger partial charge is 0.296 e. The first-order valence-corrected chi connectivity index (χ1v) is 7.45. The standard InChI is InChI=1S/C15H9Cl2N5O/c16-11-2-1-8(5-12(11)17)9-7-20-22-14(9)18-6-10(15(22)23)13-3-4-19-21-13/h1-7,20H,(H,19,21). The molecule has 0 aliphatic rings. The average Bonchev–Trinajstić information content (AvgIpc) is 3.20. The summed E-state index contributed by atoms with van der Waals surface area (Å²) < 4.78 is 1.38. The van der Waals surface area contributed by atoms with Crippen LogP contribution in [0.4, 0.5) is 0 Å². The van der Waals surface area contributed by atoms with Gasteiger partial charge in [0.2, 0.25) is 0 Å². The Morgan fingerprint density at radius 2 is 1.96 bits per heavy atom. The summed E-state index contributed by atoms with van der Waals surface area (Å²) in [6, 6.07) is 6.99. The number of aromatic nitrogens is 5. The van der Waals surface area contributed by atoms with Gasteiger partial charge in [0.15, 0.2) is 5.65 Å². The van der Waals surface area contributed by atoms with E-state index in [0.717, 1.165) is 11.1 Å². The molecule has 0 amide bonds. The lowest BCUT2D eigenvalue weighted by atomic mass is 10.1. The second-order valence-electron chi connectivity index (χ2n) is 4.92. The number of nitrogens with zero attached hydrogens (tertiary/aromatic N) is 3. The SMILES string of the molecule is O=c1c(-c2ccn[nH]2)cnc2c(-c3ccc(Cl)c(Cl)c3)c[nH]n12. The van der Waals surface area contributed by atoms with Crippen molar-refractivity contribution >= 4 is 28.8 Å². The molecule has 4 aromatic rings. The average molecular weight is 346 g/mol. The van der Waals surface area contributed by atoms with Crippen LogP contribution >= 0.6 is 23.2 Å². The number of halogens is 2. The van der Waals surface area contributed by atoms with E-state index in [2.05, 4.69) is 20.3 Å². The van der Waals surface area contributed by atoms with Crippen LogP contribution in [-0.2, 0) is 0 Å². The molecule has 1 aromatic carbocycles. The van der Waals surface area contributed by atoms with E-state index in [1.165, 1.54) is 10.7 Å². The van der Waals surface area contributed by atoms with E-state index in [1.807, 2.05) is 6.07 Å². The van der Waals surface area contributed by atoms with Gasteiger partial charge in [0.1, 0.15) is 0 Å². The van der Waals surface area contributed by atoms with Crippen molar-refractivity contribution in [3.05, 3.63) is 63.3 Å². The number of rotatable bonds is 2. The smallest absolute Gasteiger partial charge is 0.282 e. The molecule has 4 rings (SSSR count). The van der Waals surface area contributed by atoms with Gasteiger partial charge in [0.05, 0.1) is 21.3 Å². The van der Waals surface area contributed by atoms with E-state index in [1.54, 1.807) is 30.6 Å². The molecule has 0 aliphatic carbocycles. The number of hydrogen-bond acceptors (Lipinski definition) is 3. The number of nitrogens with one attached hydrogen (secondary N) is 2. The molecule has 0 unspecified atom stereocenters. The number of H-pyrrole nitrogens is 2. The van der Waals surface area contributed by atoms with Crippen LogP contribution in [0.15, 0.2) is 47.7 Å². The summed E-state index contributed by atoms with van der Waals surface area (Å²) in [6.45, 7) is 0. The van der Waals surface area contributed by atoms with Gasteiger partial charge in [0.25, 0.3) is 5.56 Å². The maximum absolute atomic E-state index is 12.6. The fourth-order valence-electron chi connectivity index (χ4n) is 2.43. The summed E-state index contributed by atoms with van der Waals surface area (Å²) in [4.78, 5) is 17.0. The van der Waals surface area contributed by atoms with E-state index in [0.29, 0.717) is 26.9 Å². The van der Waals surface area contributed by atoms with Crippen molar-refractivity contribution in [1.82, 2.24) is 24.8 Å². The molecule has 0 saturated heterocycles. The van der Waals surface area contributed by atoms with Crippen LogP contribution in [0.25, 0.3) is 28.0 Å². The third kappa shape index (κ3) is 2.23. The van der Waals surface area contributed by atoms with E-state index in [4.69, 9.17) is 23.2 Å². The van der Waals surface area contributed by atoms with Crippen molar-refractivity contribution < 1.29 is 0 Å². The van der Waals surface area contributed by atoms with Crippen molar-refractivity contribution in [2.75, 3.05) is 0 Å². The zero-order valence-electron chi connectivity index (χ0n) is 11.5. The van der Waals surface area contributed by atoms with Crippen LogP contribution in [-0.4, -0.2) is 24.8 Å². The first-order chi connectivity index (χ1) is 11.1. The fraction of sp³-hybridized carbons (Fsp3) is 0. The van der Waals surface area contributed by atoms with Crippen LogP contribution in [0.1, 0.15) is 0 Å². The van der Waals surface area contributed by atoms with Crippen molar-refractivity contribution in [3.8, 4) is 22.4 Å². The zero-order chi connectivity index (χ0) is 16.0. The molecule has 0 saturated carbocycles. The molecule has 0 bridgehead atoms. The predicted molar refractivity (Wildman–Crippen MR) is 88.9 cm³/mol. The van der Waals surface area contributed by atoms with Gasteiger partial charge >= 0.3 is 0 Å². The third-order valence-corrected chi connectivity index (χ3v) is 4.30. The molecule has 23 heavy (non-hydrogen) atoms. The lowest BCUT2D eigenvalue weighted by Gasteiger charge is -2.02. The van der Waals surface area contributed by atoms with Gasteiger partial charge in [-0.2, -0.15) is 5.10 Å². The minimum atomic E-state index is -0.217. The molecule has 3 aromatic heterocycles. The van der Waals surface area contributed by atoms with Crippen LogP contribution < -0.4 is 5.56 Å². The minimum absolute atomic E-state index is 0.217. The maximum Gasteiger partial charge on any atom is 0.282 e. The highest BCUT2D eigenvalue weighted by atomic mass is 35.5. The summed E-state index contributed by atoms with van der Waals surface area (Å²) in [7, 11) is 0. The Morgan fingerprint density at radius 3 is 2.70 bits per heavy atom. The topological polar surface area (TPSA) is 78.8 Å². The molecule has 0 aliphatic heterocycles. The molecular formula is C15H9Cl2N5O. The highest BCUT2D eigenvalue weighted by Gasteiger charge is 2.14. The fourth-order valence-corrected chi connectivity index (χ4v) is 2.72. The Bertz CT molecular complexity index is 1070. The van der Waals surface area contributed by atoms with Crippen molar-refractivity contribution in [1.29, 1.82) is 0 Å². The van der Waals surface area contributed by atoms with Gasteiger partial charge < -0.3 is 0 Å². The minimum Gasteiger partial charge on any atom is -0.296 e. The molecule has 3 heterocycles. The van der Waals surface area contributed by atoms with Gasteiger partial charge in [-0.25, -0.2) is 9.50 Å². The molecule has 0 atom stereocenters. The normalized spacial score (nSPS) is 11.2. The number of benzene rings is 1. The van der Waals surface area contributed by atoms with Crippen molar-refractivity contribution in [2.45, 2.75) is 0 Å². The third-order valence-electron chi connectivity index (χ3n) is 3.56. The van der Waals surface area contributed by atoms with Gasteiger partial charge in [-0.05, 0) is 23.8 Å². The summed E-state index contributed by atoms with van der Waals surface area (Å²) in [5.74, 6) is 0. The molecule has 0 spiro atoms. The highest BCUT2D eigenvalue weighted by molar-refractivity contribution is 6.42. The molecule has 0 fully saturated rings. The Hall–Kier alpha value is -2.57. The van der Waals surface area contributed by atoms with Crippen LogP contribution in [0, 0.1) is 0 Å². The van der Waals surface area contributed by atoms with E-state index in [9.17, 15) is 4.79 Å². The van der Waals surface area contributed by atoms with Crippen LogP contribution in [0.3, 0.4) is 0 Å². The highest BCUT2D eigenvalue weighted by Crippen LogP contribution is 2.30. The lowest BCUT2D eigenvalue weighted by molar-refractivity contribution is 0.899. The zero-order valence-corrected chi connectivity index (χ0v) is 13.1. The molecule has 114 valence electrons. The van der Waals surface area contributed by atoms with E-state index >= 15 is 0 Å². The Labute approximate surface area is 139 Å². The molecule has 0 radical (unpaired) electrons. The van der Waals surface area contributed by atoms with Crippen molar-refractivity contribution in [3.63, 3.8) is 0 Å². The number of fused-ring (bicyclic) bond motifs is 1. The second kappa shape index (κ2) is 5.26. The monoisotopic (exact) mass is 345 g/mol. The lowest BCUT2D eigenvalue weighted by Crippen LogP contribution is -2.17. The number of hydrogen-bond donors (Lipinski definition) is 2. The molecular weight excluding hydrogens is 337 g/mol. The second-order valence-corrected chi connectivity index (χ2v) is 5.74. The van der Waals surface area contributed by atoms with Gasteiger partial charge in [-0.15, -0.1) is 0 Å². The Balaban J connectivity index is 1.93. The maximum atomic E-state index is 12.6. The molecule has 6 nitrogen and oxygen atoms in total. The van der Waals surface area contributed by atoms with E-state index in [-0.39, 0.29) is 5.56 Å². The van der Waals surface area contributed by atoms with Crippen molar-refractivity contribution in [2.24, 2.45) is 0 Å². The summed E-state index contributed by atoms with van der Waals surface area (Å²) in [5.41, 5.74) is 2.92. The Morgan fingerprint density at radius 1 is 1.09 bits per heavy atom.